The summed E-state index contributed by atoms with van der Waals surface area (Å²) < 4.78 is 20.0. The number of nitrogens with one attached hydrogen (secondary N) is 2. The van der Waals surface area contributed by atoms with Crippen molar-refractivity contribution in [1.82, 2.24) is 10.6 Å². The number of nitro groups is 2. The van der Waals surface area contributed by atoms with Crippen LogP contribution in [0.2, 0.25) is 0 Å². The van der Waals surface area contributed by atoms with Crippen molar-refractivity contribution in [1.29, 1.82) is 0 Å². The fourth-order valence-electron chi connectivity index (χ4n) is 6.01. The lowest BCUT2D eigenvalue weighted by molar-refractivity contribution is -0.385. The smallest absolute Gasteiger partial charge is 0.336 e. The highest BCUT2D eigenvalue weighted by molar-refractivity contribution is 6.01. The summed E-state index contributed by atoms with van der Waals surface area (Å²) in [5, 5.41) is 28.3. The topological polar surface area (TPSA) is 216 Å². The first kappa shape index (κ1) is 40.1. The zero-order valence-electron chi connectivity index (χ0n) is 30.0. The lowest BCUT2D eigenvalue weighted by atomic mass is 9.80. The van der Waals surface area contributed by atoms with E-state index in [4.69, 9.17) is 18.9 Å². The standard InChI is InChI=1S/2C18H20N2O6/c2*1-5-26-18(22)15-11(3)19-10(2)14(17(21)25-4)16(15)12-7-6-8-13(9-12)20(23)24/h2*6-9,16,19H,5H2,1-4H3. The van der Waals surface area contributed by atoms with Crippen molar-refractivity contribution in [2.75, 3.05) is 27.4 Å². The van der Waals surface area contributed by atoms with E-state index in [2.05, 4.69) is 10.6 Å². The molecule has 276 valence electrons. The van der Waals surface area contributed by atoms with Crippen LogP contribution in [-0.2, 0) is 38.1 Å². The molecule has 0 amide bonds. The molecule has 2 unspecified atom stereocenters. The average Bonchev–Trinajstić information content (AvgIpc) is 3.10. The molecule has 0 spiro atoms. The highest BCUT2D eigenvalue weighted by Gasteiger charge is 2.39. The fraction of sp³-hybridized carbons (Fsp3) is 0.333. The SMILES string of the molecule is CCOC(=O)C1=C(C)NC(C)=C(C(=O)OC)C1c1cccc([N+](=O)[O-])c1.CCOC(=O)C1=C(C)NC(C)=C(C(=O)OC)C1c1cccc([N+](=O)[O-])c1. The highest BCUT2D eigenvalue weighted by atomic mass is 16.6. The van der Waals surface area contributed by atoms with E-state index >= 15 is 0 Å². The number of nitro benzene ring substituents is 2. The Morgan fingerprint density at radius 3 is 1.17 bits per heavy atom. The number of ether oxygens (including phenoxy) is 4. The number of methoxy groups -OCH3 is 2. The Morgan fingerprint density at radius 2 is 0.904 bits per heavy atom. The van der Waals surface area contributed by atoms with Gasteiger partial charge in [-0.05, 0) is 52.7 Å². The van der Waals surface area contributed by atoms with Crippen LogP contribution >= 0.6 is 0 Å². The molecule has 2 aliphatic heterocycles. The molecular weight excluding hydrogens is 680 g/mol. The maximum absolute atomic E-state index is 12.5. The molecule has 52 heavy (non-hydrogen) atoms. The van der Waals surface area contributed by atoms with Gasteiger partial charge in [-0.3, -0.25) is 20.2 Å². The van der Waals surface area contributed by atoms with Gasteiger partial charge in [-0.25, -0.2) is 19.2 Å². The molecule has 2 atom stereocenters. The predicted molar refractivity (Wildman–Crippen MR) is 186 cm³/mol. The van der Waals surface area contributed by atoms with Gasteiger partial charge in [0.05, 0.1) is 71.4 Å². The van der Waals surface area contributed by atoms with Crippen molar-refractivity contribution in [3.63, 3.8) is 0 Å². The normalized spacial score (nSPS) is 16.8. The van der Waals surface area contributed by atoms with Gasteiger partial charge in [0.15, 0.2) is 0 Å². The Balaban J connectivity index is 0.000000280. The Labute approximate surface area is 299 Å². The van der Waals surface area contributed by atoms with E-state index in [-0.39, 0.29) is 46.9 Å². The summed E-state index contributed by atoms with van der Waals surface area (Å²) in [7, 11) is 2.48. The number of hydrogen-bond acceptors (Lipinski definition) is 14. The molecule has 2 aliphatic rings. The summed E-state index contributed by atoms with van der Waals surface area (Å²) in [6.45, 7) is 10.4. The molecule has 0 aliphatic carbocycles. The number of non-ortho nitro benzene ring substituents is 2. The van der Waals surface area contributed by atoms with Crippen molar-refractivity contribution in [2.24, 2.45) is 0 Å². The second kappa shape index (κ2) is 17.6. The first-order chi connectivity index (χ1) is 24.6. The molecule has 0 saturated carbocycles. The number of dihydropyridines is 2. The van der Waals surface area contributed by atoms with Crippen molar-refractivity contribution >= 4 is 35.3 Å². The third-order valence-corrected chi connectivity index (χ3v) is 8.15. The van der Waals surface area contributed by atoms with E-state index in [1.165, 1.54) is 50.6 Å². The average molecular weight is 721 g/mol. The molecule has 2 N–H and O–H groups in total. The van der Waals surface area contributed by atoms with E-state index < -0.39 is 45.6 Å². The number of carbonyl (C=O) groups excluding carboxylic acids is 4. The van der Waals surface area contributed by atoms with E-state index in [0.29, 0.717) is 33.9 Å². The Bertz CT molecular complexity index is 1790. The van der Waals surface area contributed by atoms with Crippen LogP contribution in [0, 0.1) is 20.2 Å². The van der Waals surface area contributed by atoms with Gasteiger partial charge in [-0.2, -0.15) is 0 Å². The van der Waals surface area contributed by atoms with Gasteiger partial charge in [0.25, 0.3) is 11.4 Å². The van der Waals surface area contributed by atoms with Crippen molar-refractivity contribution in [3.8, 4) is 0 Å². The summed E-state index contributed by atoms with van der Waals surface area (Å²) in [6.07, 6.45) is 0. The third kappa shape index (κ3) is 8.69. The Hall–Kier alpha value is -6.32. The third-order valence-electron chi connectivity index (χ3n) is 8.15. The molecule has 2 heterocycles. The summed E-state index contributed by atoms with van der Waals surface area (Å²) in [5.74, 6) is -4.10. The van der Waals surface area contributed by atoms with Gasteiger partial charge in [-0.15, -0.1) is 0 Å². The second-order valence-corrected chi connectivity index (χ2v) is 11.4. The first-order valence-corrected chi connectivity index (χ1v) is 16.0. The Morgan fingerprint density at radius 1 is 0.596 bits per heavy atom. The lowest BCUT2D eigenvalue weighted by Crippen LogP contribution is -2.32. The molecule has 0 aromatic heterocycles. The quantitative estimate of drug-likeness (QED) is 0.141. The molecule has 16 nitrogen and oxygen atoms in total. The van der Waals surface area contributed by atoms with Crippen LogP contribution in [0.25, 0.3) is 0 Å². The summed E-state index contributed by atoms with van der Waals surface area (Å²) in [6, 6.07) is 11.7. The molecule has 16 heteroatoms. The summed E-state index contributed by atoms with van der Waals surface area (Å²) in [4.78, 5) is 71.1. The van der Waals surface area contributed by atoms with Crippen molar-refractivity contribution in [3.05, 3.63) is 125 Å². The molecule has 4 rings (SSSR count). The second-order valence-electron chi connectivity index (χ2n) is 11.4. The van der Waals surface area contributed by atoms with Crippen LogP contribution in [0.1, 0.15) is 64.5 Å². The Kier molecular flexibility index (Phi) is 13.5. The van der Waals surface area contributed by atoms with E-state index in [9.17, 15) is 39.4 Å². The van der Waals surface area contributed by atoms with Gasteiger partial charge in [0, 0.05) is 47.1 Å². The largest absolute Gasteiger partial charge is 0.466 e. The van der Waals surface area contributed by atoms with Crippen LogP contribution in [0.5, 0.6) is 0 Å². The van der Waals surface area contributed by atoms with Crippen LogP contribution in [0.15, 0.2) is 93.6 Å². The molecule has 2 aromatic carbocycles. The number of allylic oxidation sites excluding steroid dienone is 4. The minimum Gasteiger partial charge on any atom is -0.466 e. The van der Waals surface area contributed by atoms with Gasteiger partial charge < -0.3 is 29.6 Å². The number of rotatable bonds is 10. The van der Waals surface area contributed by atoms with Crippen LogP contribution in [0.3, 0.4) is 0 Å². The molecule has 0 fully saturated rings. The number of carbonyl (C=O) groups is 4. The molecule has 0 bridgehead atoms. The molecule has 0 radical (unpaired) electrons. The number of nitrogens with zero attached hydrogens (tertiary/aromatic N) is 2. The maximum atomic E-state index is 12.5. The minimum atomic E-state index is -0.831. The van der Waals surface area contributed by atoms with E-state index in [0.717, 1.165) is 0 Å². The van der Waals surface area contributed by atoms with Gasteiger partial charge in [0.2, 0.25) is 0 Å². The van der Waals surface area contributed by atoms with Crippen LogP contribution in [0.4, 0.5) is 11.4 Å². The van der Waals surface area contributed by atoms with E-state index in [1.807, 2.05) is 0 Å². The fourth-order valence-corrected chi connectivity index (χ4v) is 6.01. The highest BCUT2D eigenvalue weighted by Crippen LogP contribution is 2.41. The van der Waals surface area contributed by atoms with E-state index in [1.54, 1.807) is 53.7 Å². The van der Waals surface area contributed by atoms with Gasteiger partial charge in [-0.1, -0.05) is 24.3 Å². The monoisotopic (exact) mass is 720 g/mol. The summed E-state index contributed by atoms with van der Waals surface area (Å²) in [5.41, 5.74) is 3.52. The van der Waals surface area contributed by atoms with Gasteiger partial charge in [0.1, 0.15) is 0 Å². The lowest BCUT2D eigenvalue weighted by Gasteiger charge is -2.30. The van der Waals surface area contributed by atoms with Crippen molar-refractivity contribution < 1.29 is 48.0 Å². The van der Waals surface area contributed by atoms with Crippen LogP contribution < -0.4 is 10.6 Å². The first-order valence-electron chi connectivity index (χ1n) is 16.0. The van der Waals surface area contributed by atoms with Crippen molar-refractivity contribution in [2.45, 2.75) is 53.4 Å². The maximum Gasteiger partial charge on any atom is 0.336 e. The molecule has 0 saturated heterocycles. The van der Waals surface area contributed by atoms with Crippen LogP contribution in [-0.4, -0.2) is 61.2 Å². The molecule has 2 aromatic rings. The van der Waals surface area contributed by atoms with Gasteiger partial charge >= 0.3 is 23.9 Å². The molecular formula is C36H40N4O12. The predicted octanol–water partition coefficient (Wildman–Crippen LogP) is 5.13. The zero-order valence-corrected chi connectivity index (χ0v) is 30.0. The zero-order chi connectivity index (χ0) is 38.9. The number of benzene rings is 2. The number of hydrogen-bond donors (Lipinski definition) is 2. The minimum absolute atomic E-state index is 0.135. The number of esters is 4. The summed E-state index contributed by atoms with van der Waals surface area (Å²) >= 11 is 0.